The van der Waals surface area contributed by atoms with Gasteiger partial charge in [0.2, 0.25) is 0 Å². The Morgan fingerprint density at radius 3 is 2.43 bits per heavy atom. The van der Waals surface area contributed by atoms with Crippen LogP contribution in [0.4, 0.5) is 0 Å². The van der Waals surface area contributed by atoms with Crippen LogP contribution in [0, 0.1) is 12.3 Å². The van der Waals surface area contributed by atoms with E-state index in [9.17, 15) is 0 Å². The molecule has 0 radical (unpaired) electrons. The molecule has 0 atom stereocenters. The quantitative estimate of drug-likeness (QED) is 0.544. The largest absolute Gasteiger partial charge is 0.115 e. The maximum absolute atomic E-state index is 5.35. The standard InChI is InChI=1S/C14H14/c1-2-12-8-10-14(11-9-12)13-6-4-3-5-7-13/h1,3-4,6,8,10H,5,7,9,11H2. The minimum Gasteiger partial charge on any atom is -0.115 e. The van der Waals surface area contributed by atoms with Gasteiger partial charge in [-0.05, 0) is 36.8 Å². The zero-order chi connectivity index (χ0) is 9.80. The number of allylic oxidation sites excluding steroid dienone is 8. The van der Waals surface area contributed by atoms with Crippen molar-refractivity contribution >= 4 is 0 Å². The van der Waals surface area contributed by atoms with Crippen LogP contribution < -0.4 is 0 Å². The predicted octanol–water partition coefficient (Wildman–Crippen LogP) is 3.54. The molecule has 0 heterocycles. The second-order valence-electron chi connectivity index (χ2n) is 3.69. The smallest absolute Gasteiger partial charge is 0.00210 e. The van der Waals surface area contributed by atoms with Gasteiger partial charge in [0.25, 0.3) is 0 Å². The molecule has 0 amide bonds. The SMILES string of the molecule is C#CC1=CC=C(C2=CC=CCC2)CC1. The normalized spacial score (nSPS) is 20.6. The van der Waals surface area contributed by atoms with Gasteiger partial charge >= 0.3 is 0 Å². The fourth-order valence-electron chi connectivity index (χ4n) is 1.90. The maximum Gasteiger partial charge on any atom is 0.00210 e. The third kappa shape index (κ3) is 1.88. The van der Waals surface area contributed by atoms with Crippen LogP contribution in [0.5, 0.6) is 0 Å². The highest BCUT2D eigenvalue weighted by Crippen LogP contribution is 2.28. The minimum atomic E-state index is 1.03. The van der Waals surface area contributed by atoms with E-state index in [1.54, 1.807) is 0 Å². The van der Waals surface area contributed by atoms with Crippen molar-refractivity contribution in [3.05, 3.63) is 47.1 Å². The fourth-order valence-corrected chi connectivity index (χ4v) is 1.90. The summed E-state index contributed by atoms with van der Waals surface area (Å²) in [7, 11) is 0. The lowest BCUT2D eigenvalue weighted by Crippen LogP contribution is -1.97. The molecule has 0 spiro atoms. The summed E-state index contributed by atoms with van der Waals surface area (Å²) in [4.78, 5) is 0. The molecule has 0 nitrogen and oxygen atoms in total. The van der Waals surface area contributed by atoms with Crippen LogP contribution in [0.25, 0.3) is 0 Å². The molecule has 0 bridgehead atoms. The van der Waals surface area contributed by atoms with Crippen molar-refractivity contribution in [2.75, 3.05) is 0 Å². The molecule has 2 rings (SSSR count). The van der Waals surface area contributed by atoms with Gasteiger partial charge in [0, 0.05) is 5.57 Å². The number of terminal acetylenes is 1. The van der Waals surface area contributed by atoms with E-state index in [1.165, 1.54) is 24.0 Å². The second-order valence-corrected chi connectivity index (χ2v) is 3.69. The van der Waals surface area contributed by atoms with Gasteiger partial charge in [-0.2, -0.15) is 0 Å². The van der Waals surface area contributed by atoms with Gasteiger partial charge < -0.3 is 0 Å². The lowest BCUT2D eigenvalue weighted by atomic mass is 9.89. The third-order valence-electron chi connectivity index (χ3n) is 2.76. The maximum atomic E-state index is 5.35. The molecule has 0 saturated carbocycles. The molecule has 0 aromatic heterocycles. The average molecular weight is 182 g/mol. The molecule has 0 fully saturated rings. The molecule has 14 heavy (non-hydrogen) atoms. The lowest BCUT2D eigenvalue weighted by molar-refractivity contribution is 0.885. The molecular weight excluding hydrogens is 168 g/mol. The Bertz CT molecular complexity index is 381. The number of hydrogen-bond acceptors (Lipinski definition) is 0. The summed E-state index contributed by atoms with van der Waals surface area (Å²) in [6, 6.07) is 0. The highest BCUT2D eigenvalue weighted by atomic mass is 14.1. The van der Waals surface area contributed by atoms with Crippen molar-refractivity contribution < 1.29 is 0 Å². The average Bonchev–Trinajstić information content (AvgIpc) is 2.30. The Balaban J connectivity index is 2.18. The summed E-state index contributed by atoms with van der Waals surface area (Å²) in [5, 5.41) is 0. The molecule has 0 N–H and O–H groups in total. The molecule has 70 valence electrons. The first-order chi connectivity index (χ1) is 6.90. The molecule has 0 aromatic rings. The third-order valence-corrected chi connectivity index (χ3v) is 2.76. The van der Waals surface area contributed by atoms with Crippen molar-refractivity contribution in [1.82, 2.24) is 0 Å². The number of rotatable bonds is 1. The Labute approximate surface area is 85.7 Å². The minimum absolute atomic E-state index is 1.03. The Morgan fingerprint density at radius 1 is 1.00 bits per heavy atom. The molecule has 0 heteroatoms. The van der Waals surface area contributed by atoms with Crippen molar-refractivity contribution in [2.24, 2.45) is 0 Å². The fraction of sp³-hybridized carbons (Fsp3) is 0.286. The molecule has 0 unspecified atom stereocenters. The first kappa shape index (κ1) is 9.09. The van der Waals surface area contributed by atoms with Crippen LogP contribution in [0.15, 0.2) is 47.1 Å². The van der Waals surface area contributed by atoms with Gasteiger partial charge in [-0.25, -0.2) is 0 Å². The predicted molar refractivity (Wildman–Crippen MR) is 60.7 cm³/mol. The molecule has 2 aliphatic rings. The Morgan fingerprint density at radius 2 is 1.86 bits per heavy atom. The zero-order valence-corrected chi connectivity index (χ0v) is 8.29. The van der Waals surface area contributed by atoms with Crippen LogP contribution in [-0.4, -0.2) is 0 Å². The molecule has 2 aliphatic carbocycles. The van der Waals surface area contributed by atoms with Crippen molar-refractivity contribution in [3.63, 3.8) is 0 Å². The van der Waals surface area contributed by atoms with Crippen LogP contribution in [0.1, 0.15) is 25.7 Å². The van der Waals surface area contributed by atoms with Crippen LogP contribution in [0.3, 0.4) is 0 Å². The topological polar surface area (TPSA) is 0 Å². The van der Waals surface area contributed by atoms with E-state index in [2.05, 4.69) is 36.3 Å². The molecule has 0 aromatic carbocycles. The van der Waals surface area contributed by atoms with Gasteiger partial charge in [-0.15, -0.1) is 6.42 Å². The molecule has 0 saturated heterocycles. The van der Waals surface area contributed by atoms with E-state index < -0.39 is 0 Å². The highest BCUT2D eigenvalue weighted by molar-refractivity contribution is 5.44. The van der Waals surface area contributed by atoms with E-state index in [0.717, 1.165) is 18.4 Å². The van der Waals surface area contributed by atoms with Crippen molar-refractivity contribution in [2.45, 2.75) is 25.7 Å². The van der Waals surface area contributed by atoms with Crippen LogP contribution >= 0.6 is 0 Å². The second kappa shape index (κ2) is 4.15. The first-order valence-corrected chi connectivity index (χ1v) is 5.12. The monoisotopic (exact) mass is 182 g/mol. The van der Waals surface area contributed by atoms with Gasteiger partial charge in [-0.1, -0.05) is 36.3 Å². The first-order valence-electron chi connectivity index (χ1n) is 5.12. The molecular formula is C14H14. The van der Waals surface area contributed by atoms with Gasteiger partial charge in [0.15, 0.2) is 0 Å². The van der Waals surface area contributed by atoms with E-state index >= 15 is 0 Å². The van der Waals surface area contributed by atoms with Gasteiger partial charge in [-0.3, -0.25) is 0 Å². The highest BCUT2D eigenvalue weighted by Gasteiger charge is 2.09. The van der Waals surface area contributed by atoms with Crippen LogP contribution in [-0.2, 0) is 0 Å². The summed E-state index contributed by atoms with van der Waals surface area (Å²) in [6.07, 6.45) is 20.7. The molecule has 0 aliphatic heterocycles. The van der Waals surface area contributed by atoms with E-state index in [0.29, 0.717) is 0 Å². The Hall–Kier alpha value is -1.48. The van der Waals surface area contributed by atoms with E-state index in [4.69, 9.17) is 6.42 Å². The zero-order valence-electron chi connectivity index (χ0n) is 8.29. The summed E-state index contributed by atoms with van der Waals surface area (Å²) in [6.45, 7) is 0. The summed E-state index contributed by atoms with van der Waals surface area (Å²) >= 11 is 0. The lowest BCUT2D eigenvalue weighted by Gasteiger charge is -2.16. The van der Waals surface area contributed by atoms with E-state index in [1.807, 2.05) is 0 Å². The number of hydrogen-bond donors (Lipinski definition) is 0. The summed E-state index contributed by atoms with van der Waals surface area (Å²) in [5.41, 5.74) is 4.08. The van der Waals surface area contributed by atoms with Gasteiger partial charge in [0.1, 0.15) is 0 Å². The van der Waals surface area contributed by atoms with Gasteiger partial charge in [0.05, 0.1) is 0 Å². The van der Waals surface area contributed by atoms with E-state index in [-0.39, 0.29) is 0 Å². The van der Waals surface area contributed by atoms with Crippen molar-refractivity contribution in [1.29, 1.82) is 0 Å². The summed E-state index contributed by atoms with van der Waals surface area (Å²) in [5.74, 6) is 2.71. The summed E-state index contributed by atoms with van der Waals surface area (Å²) < 4.78 is 0. The van der Waals surface area contributed by atoms with Crippen molar-refractivity contribution in [3.8, 4) is 12.3 Å². The van der Waals surface area contributed by atoms with Crippen LogP contribution in [0.2, 0.25) is 0 Å². The Kier molecular flexibility index (Phi) is 2.70.